The Bertz CT molecular complexity index is 391. The second-order valence-corrected chi connectivity index (χ2v) is 4.14. The van der Waals surface area contributed by atoms with Crippen LogP contribution in [0, 0.1) is 0 Å². The van der Waals surface area contributed by atoms with Crippen molar-refractivity contribution < 1.29 is 0 Å². The van der Waals surface area contributed by atoms with Gasteiger partial charge in [-0.05, 0) is 12.1 Å². The van der Waals surface area contributed by atoms with Crippen molar-refractivity contribution in [2.24, 2.45) is 0 Å². The van der Waals surface area contributed by atoms with Crippen molar-refractivity contribution in [3.05, 3.63) is 39.8 Å². The second kappa shape index (κ2) is 3.66. The van der Waals surface area contributed by atoms with Crippen LogP contribution >= 0.6 is 34.5 Å². The van der Waals surface area contributed by atoms with E-state index in [0.29, 0.717) is 10.0 Å². The molecule has 4 heteroatoms. The van der Waals surface area contributed by atoms with Gasteiger partial charge in [-0.15, -0.1) is 11.3 Å². The minimum absolute atomic E-state index is 0.641. The maximum absolute atomic E-state index is 6.00. The van der Waals surface area contributed by atoms with Crippen LogP contribution in [0.3, 0.4) is 0 Å². The summed E-state index contributed by atoms with van der Waals surface area (Å²) in [5.41, 5.74) is 0.820. The summed E-state index contributed by atoms with van der Waals surface area (Å²) >= 11 is 13.5. The van der Waals surface area contributed by atoms with Gasteiger partial charge in [0, 0.05) is 17.1 Å². The molecule has 0 saturated carbocycles. The summed E-state index contributed by atoms with van der Waals surface area (Å²) in [6.45, 7) is 0. The molecule has 13 heavy (non-hydrogen) atoms. The topological polar surface area (TPSA) is 12.9 Å². The summed E-state index contributed by atoms with van der Waals surface area (Å²) in [5.74, 6) is 0. The molecular weight excluding hydrogens is 225 g/mol. The highest BCUT2D eigenvalue weighted by Gasteiger charge is 2.09. The Morgan fingerprint density at radius 2 is 1.85 bits per heavy atom. The lowest BCUT2D eigenvalue weighted by molar-refractivity contribution is 1.41. The molecule has 1 aromatic carbocycles. The van der Waals surface area contributed by atoms with Crippen LogP contribution in [0.15, 0.2) is 29.8 Å². The lowest BCUT2D eigenvalue weighted by Crippen LogP contribution is -1.79. The van der Waals surface area contributed by atoms with E-state index in [1.54, 1.807) is 6.20 Å². The molecule has 0 N–H and O–H groups in total. The number of rotatable bonds is 1. The van der Waals surface area contributed by atoms with Crippen LogP contribution in [0.25, 0.3) is 10.6 Å². The summed E-state index contributed by atoms with van der Waals surface area (Å²) in [7, 11) is 0. The lowest BCUT2D eigenvalue weighted by atomic mass is 10.2. The van der Waals surface area contributed by atoms with Crippen LogP contribution in [0.2, 0.25) is 10.0 Å². The Kier molecular flexibility index (Phi) is 2.54. The number of thiazole rings is 1. The fraction of sp³-hybridized carbons (Fsp3) is 0. The predicted octanol–water partition coefficient (Wildman–Crippen LogP) is 4.12. The standard InChI is InChI=1S/C9H5Cl2NS/c10-6-2-1-3-7(11)8(6)9-12-4-5-13-9/h1-5H. The minimum atomic E-state index is 0.641. The molecule has 66 valence electrons. The summed E-state index contributed by atoms with van der Waals surface area (Å²) in [6, 6.07) is 5.44. The molecule has 0 aliphatic rings. The number of nitrogens with zero attached hydrogens (tertiary/aromatic N) is 1. The number of halogens is 2. The molecule has 1 aromatic heterocycles. The first kappa shape index (κ1) is 9.00. The van der Waals surface area contributed by atoms with E-state index >= 15 is 0 Å². The normalized spacial score (nSPS) is 10.3. The van der Waals surface area contributed by atoms with Gasteiger partial charge in [-0.1, -0.05) is 29.3 Å². The zero-order valence-corrected chi connectivity index (χ0v) is 8.83. The zero-order chi connectivity index (χ0) is 9.26. The Morgan fingerprint density at radius 3 is 2.38 bits per heavy atom. The molecule has 2 aromatic rings. The van der Waals surface area contributed by atoms with E-state index < -0.39 is 0 Å². The first-order valence-electron chi connectivity index (χ1n) is 3.63. The van der Waals surface area contributed by atoms with Crippen LogP contribution in [0.4, 0.5) is 0 Å². The first-order valence-corrected chi connectivity index (χ1v) is 5.26. The van der Waals surface area contributed by atoms with Crippen LogP contribution in [-0.4, -0.2) is 4.98 Å². The number of hydrogen-bond acceptors (Lipinski definition) is 2. The molecule has 0 fully saturated rings. The third kappa shape index (κ3) is 1.70. The van der Waals surface area contributed by atoms with Gasteiger partial charge < -0.3 is 0 Å². The van der Waals surface area contributed by atoms with Gasteiger partial charge in [-0.25, -0.2) is 4.98 Å². The lowest BCUT2D eigenvalue weighted by Gasteiger charge is -2.01. The van der Waals surface area contributed by atoms with Gasteiger partial charge in [0.2, 0.25) is 0 Å². The molecule has 0 aliphatic heterocycles. The third-order valence-electron chi connectivity index (χ3n) is 1.61. The Hall–Kier alpha value is -0.570. The molecule has 0 spiro atoms. The molecule has 0 bridgehead atoms. The maximum Gasteiger partial charge on any atom is 0.126 e. The number of benzene rings is 1. The molecule has 0 atom stereocenters. The highest BCUT2D eigenvalue weighted by molar-refractivity contribution is 7.13. The largest absolute Gasteiger partial charge is 0.244 e. The van der Waals surface area contributed by atoms with E-state index in [1.807, 2.05) is 23.6 Å². The fourth-order valence-corrected chi connectivity index (χ4v) is 2.45. The molecular formula is C9H5Cl2NS. The zero-order valence-electron chi connectivity index (χ0n) is 6.50. The van der Waals surface area contributed by atoms with Gasteiger partial charge in [0.1, 0.15) is 5.01 Å². The highest BCUT2D eigenvalue weighted by atomic mass is 35.5. The van der Waals surface area contributed by atoms with Crippen molar-refractivity contribution in [3.63, 3.8) is 0 Å². The van der Waals surface area contributed by atoms with Gasteiger partial charge in [0.25, 0.3) is 0 Å². The van der Waals surface area contributed by atoms with Crippen molar-refractivity contribution in [1.82, 2.24) is 4.98 Å². The molecule has 0 radical (unpaired) electrons. The van der Waals surface area contributed by atoms with Crippen molar-refractivity contribution in [2.75, 3.05) is 0 Å². The summed E-state index contributed by atoms with van der Waals surface area (Å²) in [5, 5.41) is 4.04. The highest BCUT2D eigenvalue weighted by Crippen LogP contribution is 2.35. The SMILES string of the molecule is Clc1cccc(Cl)c1-c1nccs1. The molecule has 0 unspecified atom stereocenters. The predicted molar refractivity (Wildman–Crippen MR) is 57.6 cm³/mol. The van der Waals surface area contributed by atoms with Crippen LogP contribution in [0.1, 0.15) is 0 Å². The van der Waals surface area contributed by atoms with Gasteiger partial charge in [0.05, 0.1) is 10.0 Å². The van der Waals surface area contributed by atoms with E-state index in [1.165, 1.54) is 11.3 Å². The van der Waals surface area contributed by atoms with Crippen LogP contribution in [0.5, 0.6) is 0 Å². The second-order valence-electron chi connectivity index (χ2n) is 2.43. The molecule has 0 amide bonds. The van der Waals surface area contributed by atoms with E-state index in [4.69, 9.17) is 23.2 Å². The maximum atomic E-state index is 6.00. The number of aromatic nitrogens is 1. The summed E-state index contributed by atoms with van der Waals surface area (Å²) in [6.07, 6.45) is 1.74. The summed E-state index contributed by atoms with van der Waals surface area (Å²) in [4.78, 5) is 4.16. The smallest absolute Gasteiger partial charge is 0.126 e. The van der Waals surface area contributed by atoms with Gasteiger partial charge >= 0.3 is 0 Å². The van der Waals surface area contributed by atoms with Gasteiger partial charge in [-0.3, -0.25) is 0 Å². The fourth-order valence-electron chi connectivity index (χ4n) is 1.05. The van der Waals surface area contributed by atoms with Gasteiger partial charge in [-0.2, -0.15) is 0 Å². The van der Waals surface area contributed by atoms with Crippen molar-refractivity contribution in [2.45, 2.75) is 0 Å². The number of hydrogen-bond donors (Lipinski definition) is 0. The van der Waals surface area contributed by atoms with Crippen molar-refractivity contribution >= 4 is 34.5 Å². The van der Waals surface area contributed by atoms with E-state index in [9.17, 15) is 0 Å². The van der Waals surface area contributed by atoms with Crippen molar-refractivity contribution in [3.8, 4) is 10.6 Å². The monoisotopic (exact) mass is 229 g/mol. The molecule has 1 nitrogen and oxygen atoms in total. The Balaban J connectivity index is 2.64. The van der Waals surface area contributed by atoms with Gasteiger partial charge in [0.15, 0.2) is 0 Å². The minimum Gasteiger partial charge on any atom is -0.244 e. The van der Waals surface area contributed by atoms with Crippen LogP contribution < -0.4 is 0 Å². The van der Waals surface area contributed by atoms with Crippen LogP contribution in [-0.2, 0) is 0 Å². The molecule has 2 rings (SSSR count). The average Bonchev–Trinajstić information content (AvgIpc) is 2.57. The van der Waals surface area contributed by atoms with E-state index in [-0.39, 0.29) is 0 Å². The van der Waals surface area contributed by atoms with E-state index in [2.05, 4.69) is 4.98 Å². The first-order chi connectivity index (χ1) is 6.29. The van der Waals surface area contributed by atoms with E-state index in [0.717, 1.165) is 10.6 Å². The average molecular weight is 230 g/mol. The molecule has 0 aliphatic carbocycles. The van der Waals surface area contributed by atoms with Crippen molar-refractivity contribution in [1.29, 1.82) is 0 Å². The molecule has 0 saturated heterocycles. The third-order valence-corrected chi connectivity index (χ3v) is 3.03. The molecule has 1 heterocycles. The summed E-state index contributed by atoms with van der Waals surface area (Å²) < 4.78 is 0. The Labute approximate surface area is 90.0 Å². The Morgan fingerprint density at radius 1 is 1.15 bits per heavy atom. The quantitative estimate of drug-likeness (QED) is 0.718.